The minimum atomic E-state index is 0.0447. The molecule has 1 aliphatic rings. The Labute approximate surface area is 146 Å². The van der Waals surface area contributed by atoms with Crippen LogP contribution in [-0.2, 0) is 11.2 Å². The lowest BCUT2D eigenvalue weighted by Crippen LogP contribution is -2.27. The third-order valence-electron chi connectivity index (χ3n) is 4.60. The molecule has 1 amide bonds. The number of carbonyl (C=O) groups is 1. The molecule has 0 saturated carbocycles. The van der Waals surface area contributed by atoms with Crippen LogP contribution in [0.4, 0.5) is 0 Å². The maximum Gasteiger partial charge on any atom is 0.251 e. The van der Waals surface area contributed by atoms with E-state index in [0.29, 0.717) is 0 Å². The Balaban J connectivity index is 1.56. The SMILES string of the molecule is CC[C@@H](CCCCCNC(=O)C1=CCNC=C1)Cc1ccccc1. The molecular weight excluding hydrogens is 296 g/mol. The van der Waals surface area contributed by atoms with Crippen molar-refractivity contribution in [3.63, 3.8) is 0 Å². The fraction of sp³-hybridized carbons (Fsp3) is 0.476. The lowest BCUT2D eigenvalue weighted by atomic mass is 9.92. The molecule has 0 fully saturated rings. The molecule has 0 saturated heterocycles. The minimum absolute atomic E-state index is 0.0447. The molecule has 0 spiro atoms. The van der Waals surface area contributed by atoms with Crippen molar-refractivity contribution in [3.8, 4) is 0 Å². The summed E-state index contributed by atoms with van der Waals surface area (Å²) in [7, 11) is 0. The zero-order valence-corrected chi connectivity index (χ0v) is 14.8. The van der Waals surface area contributed by atoms with Crippen molar-refractivity contribution >= 4 is 5.91 Å². The number of nitrogens with one attached hydrogen (secondary N) is 2. The monoisotopic (exact) mass is 326 g/mol. The van der Waals surface area contributed by atoms with E-state index in [1.54, 1.807) is 0 Å². The number of rotatable bonds is 10. The number of hydrogen-bond acceptors (Lipinski definition) is 2. The topological polar surface area (TPSA) is 41.1 Å². The Morgan fingerprint density at radius 2 is 2.04 bits per heavy atom. The summed E-state index contributed by atoms with van der Waals surface area (Å²) in [6.45, 7) is 3.79. The van der Waals surface area contributed by atoms with Gasteiger partial charge in [0.25, 0.3) is 5.91 Å². The number of carbonyl (C=O) groups excluding carboxylic acids is 1. The zero-order valence-electron chi connectivity index (χ0n) is 14.8. The van der Waals surface area contributed by atoms with Gasteiger partial charge < -0.3 is 10.6 Å². The first kappa shape index (κ1) is 18.3. The second-order valence-corrected chi connectivity index (χ2v) is 6.47. The van der Waals surface area contributed by atoms with Gasteiger partial charge in [0.05, 0.1) is 0 Å². The highest BCUT2D eigenvalue weighted by molar-refractivity contribution is 5.96. The molecule has 1 aromatic rings. The Morgan fingerprint density at radius 3 is 2.75 bits per heavy atom. The third kappa shape index (κ3) is 6.61. The van der Waals surface area contributed by atoms with Gasteiger partial charge in [-0.05, 0) is 36.6 Å². The van der Waals surface area contributed by atoms with Gasteiger partial charge in [-0.2, -0.15) is 0 Å². The molecule has 1 aromatic carbocycles. The van der Waals surface area contributed by atoms with E-state index in [2.05, 4.69) is 47.9 Å². The average molecular weight is 326 g/mol. The molecule has 130 valence electrons. The fourth-order valence-electron chi connectivity index (χ4n) is 3.06. The van der Waals surface area contributed by atoms with E-state index in [1.165, 1.54) is 37.7 Å². The van der Waals surface area contributed by atoms with Crippen LogP contribution < -0.4 is 10.6 Å². The van der Waals surface area contributed by atoms with E-state index in [9.17, 15) is 4.79 Å². The van der Waals surface area contributed by atoms with Crippen LogP contribution in [0.15, 0.2) is 54.3 Å². The Kier molecular flexibility index (Phi) is 8.16. The molecule has 0 bridgehead atoms. The number of unbranched alkanes of at least 4 members (excludes halogenated alkanes) is 2. The van der Waals surface area contributed by atoms with Crippen LogP contribution in [0.3, 0.4) is 0 Å². The van der Waals surface area contributed by atoms with E-state index in [4.69, 9.17) is 0 Å². The predicted octanol–water partition coefficient (Wildman–Crippen LogP) is 3.98. The lowest BCUT2D eigenvalue weighted by molar-refractivity contribution is -0.117. The number of hydrogen-bond donors (Lipinski definition) is 2. The molecule has 0 aromatic heterocycles. The van der Waals surface area contributed by atoms with Crippen molar-refractivity contribution in [1.82, 2.24) is 10.6 Å². The summed E-state index contributed by atoms with van der Waals surface area (Å²) in [5.41, 5.74) is 2.21. The van der Waals surface area contributed by atoms with Gasteiger partial charge in [-0.15, -0.1) is 0 Å². The van der Waals surface area contributed by atoms with Gasteiger partial charge in [-0.3, -0.25) is 4.79 Å². The van der Waals surface area contributed by atoms with Crippen LogP contribution in [0.25, 0.3) is 0 Å². The van der Waals surface area contributed by atoms with Gasteiger partial charge in [0.1, 0.15) is 0 Å². The maximum atomic E-state index is 11.9. The van der Waals surface area contributed by atoms with Gasteiger partial charge >= 0.3 is 0 Å². The standard InChI is InChI=1S/C21H30N2O/c1-2-18(17-19-10-5-3-6-11-19)9-7-4-8-14-23-21(24)20-12-15-22-16-13-20/h3,5-6,10-13,15,18,22H,2,4,7-9,14,16-17H2,1H3,(H,23,24)/t18-/m0/s1. The highest BCUT2D eigenvalue weighted by atomic mass is 16.1. The van der Waals surface area contributed by atoms with Crippen molar-refractivity contribution in [2.24, 2.45) is 5.92 Å². The zero-order chi connectivity index (χ0) is 17.0. The maximum absolute atomic E-state index is 11.9. The highest BCUT2D eigenvalue weighted by Gasteiger charge is 2.08. The fourth-order valence-corrected chi connectivity index (χ4v) is 3.06. The molecule has 0 unspecified atom stereocenters. The van der Waals surface area contributed by atoms with Crippen molar-refractivity contribution in [2.45, 2.75) is 45.4 Å². The molecule has 3 nitrogen and oxygen atoms in total. The molecule has 0 aliphatic carbocycles. The molecule has 1 atom stereocenters. The van der Waals surface area contributed by atoms with Crippen molar-refractivity contribution in [2.75, 3.05) is 13.1 Å². The second-order valence-electron chi connectivity index (χ2n) is 6.47. The van der Waals surface area contributed by atoms with Gasteiger partial charge in [-0.1, -0.05) is 69.0 Å². The van der Waals surface area contributed by atoms with Crippen molar-refractivity contribution < 1.29 is 4.79 Å². The van der Waals surface area contributed by atoms with Crippen LogP contribution in [0.5, 0.6) is 0 Å². The first-order chi connectivity index (χ1) is 11.8. The normalized spacial score (nSPS) is 14.6. The summed E-state index contributed by atoms with van der Waals surface area (Å²) in [6.07, 6.45) is 12.8. The van der Waals surface area contributed by atoms with Crippen LogP contribution >= 0.6 is 0 Å². The van der Waals surface area contributed by atoms with Crippen molar-refractivity contribution in [3.05, 3.63) is 59.8 Å². The molecule has 24 heavy (non-hydrogen) atoms. The van der Waals surface area contributed by atoms with Gasteiger partial charge in [0.15, 0.2) is 0 Å². The predicted molar refractivity (Wildman–Crippen MR) is 101 cm³/mol. The highest BCUT2D eigenvalue weighted by Crippen LogP contribution is 2.18. The van der Waals surface area contributed by atoms with E-state index in [1.807, 2.05) is 18.4 Å². The summed E-state index contributed by atoms with van der Waals surface area (Å²) in [5, 5.41) is 6.06. The van der Waals surface area contributed by atoms with E-state index in [-0.39, 0.29) is 5.91 Å². The molecule has 2 N–H and O–H groups in total. The van der Waals surface area contributed by atoms with Crippen LogP contribution in [-0.4, -0.2) is 19.0 Å². The second kappa shape index (κ2) is 10.7. The molecule has 1 aliphatic heterocycles. The summed E-state index contributed by atoms with van der Waals surface area (Å²) < 4.78 is 0. The quantitative estimate of drug-likeness (QED) is 0.639. The van der Waals surface area contributed by atoms with Gasteiger partial charge in [-0.25, -0.2) is 0 Å². The Bertz CT molecular complexity index is 548. The van der Waals surface area contributed by atoms with E-state index >= 15 is 0 Å². The van der Waals surface area contributed by atoms with Gasteiger partial charge in [0.2, 0.25) is 0 Å². The Morgan fingerprint density at radius 1 is 1.21 bits per heavy atom. The average Bonchev–Trinajstić information content (AvgIpc) is 2.64. The van der Waals surface area contributed by atoms with Crippen LogP contribution in [0.1, 0.15) is 44.6 Å². The number of dihydropyridines is 1. The summed E-state index contributed by atoms with van der Waals surface area (Å²) in [4.78, 5) is 11.9. The first-order valence-corrected chi connectivity index (χ1v) is 9.21. The number of benzene rings is 1. The summed E-state index contributed by atoms with van der Waals surface area (Å²) in [6, 6.07) is 10.8. The molecule has 2 rings (SSSR count). The minimum Gasteiger partial charge on any atom is -0.387 e. The molecule has 3 heteroatoms. The number of amides is 1. The summed E-state index contributed by atoms with van der Waals surface area (Å²) >= 11 is 0. The van der Waals surface area contributed by atoms with Crippen molar-refractivity contribution in [1.29, 1.82) is 0 Å². The van der Waals surface area contributed by atoms with E-state index in [0.717, 1.165) is 31.0 Å². The molecule has 0 radical (unpaired) electrons. The molecule has 1 heterocycles. The van der Waals surface area contributed by atoms with Crippen LogP contribution in [0.2, 0.25) is 0 Å². The summed E-state index contributed by atoms with van der Waals surface area (Å²) in [5.74, 6) is 0.815. The third-order valence-corrected chi connectivity index (χ3v) is 4.60. The largest absolute Gasteiger partial charge is 0.387 e. The van der Waals surface area contributed by atoms with E-state index < -0.39 is 0 Å². The smallest absolute Gasteiger partial charge is 0.251 e. The van der Waals surface area contributed by atoms with Crippen LogP contribution in [0, 0.1) is 5.92 Å². The van der Waals surface area contributed by atoms with Gasteiger partial charge in [0, 0.05) is 18.7 Å². The lowest BCUT2D eigenvalue weighted by Gasteiger charge is -2.15. The Hall–Kier alpha value is -2.03. The molecular formula is C21H30N2O. The first-order valence-electron chi connectivity index (χ1n) is 9.21.